The van der Waals surface area contributed by atoms with Crippen LogP contribution < -0.4 is 10.1 Å². The number of hydrogen-bond acceptors (Lipinski definition) is 7. The second kappa shape index (κ2) is 9.41. The number of sulfonamides is 1. The van der Waals surface area contributed by atoms with Crippen molar-refractivity contribution in [1.29, 1.82) is 0 Å². The molecule has 1 heterocycles. The van der Waals surface area contributed by atoms with Gasteiger partial charge in [-0.15, -0.1) is 0 Å². The Labute approximate surface area is 175 Å². The summed E-state index contributed by atoms with van der Waals surface area (Å²) >= 11 is 0. The number of anilines is 1. The van der Waals surface area contributed by atoms with Crippen LogP contribution in [0.15, 0.2) is 47.4 Å². The molecule has 162 valence electrons. The third-order valence-corrected chi connectivity index (χ3v) is 6.92. The zero-order chi connectivity index (χ0) is 21.7. The van der Waals surface area contributed by atoms with Crippen LogP contribution in [0.2, 0.25) is 0 Å². The first-order chi connectivity index (χ1) is 14.4. The number of nitro benzene ring substituents is 1. The Kier molecular flexibility index (Phi) is 6.91. The summed E-state index contributed by atoms with van der Waals surface area (Å²) in [5.41, 5.74) is 0.928. The number of nitrogens with zero attached hydrogens (tertiary/aromatic N) is 2. The Hall–Kier alpha value is -2.69. The summed E-state index contributed by atoms with van der Waals surface area (Å²) in [5.74, 6) is 0.720. The highest BCUT2D eigenvalue weighted by atomic mass is 32.2. The van der Waals surface area contributed by atoms with Gasteiger partial charge in [0.05, 0.1) is 36.2 Å². The number of rotatable bonds is 8. The smallest absolute Gasteiger partial charge is 0.293 e. The standard InChI is InChI=1S/C20H25N3O6S/c1-3-18(15-4-6-16(28-2)7-5-15)21-19-9-8-17(14-20(19)23(24)25)30(26,27)22-10-12-29-13-11-22/h4-9,14,18,21H,3,10-13H2,1-2H3. The molecule has 0 radical (unpaired) electrons. The van der Waals surface area contributed by atoms with E-state index in [1.54, 1.807) is 7.11 Å². The van der Waals surface area contributed by atoms with Crippen LogP contribution in [0.4, 0.5) is 11.4 Å². The van der Waals surface area contributed by atoms with E-state index in [1.165, 1.54) is 16.4 Å². The van der Waals surface area contributed by atoms with Crippen LogP contribution >= 0.6 is 0 Å². The second-order valence-electron chi connectivity index (χ2n) is 6.83. The van der Waals surface area contributed by atoms with Crippen molar-refractivity contribution in [2.24, 2.45) is 0 Å². The molecule has 1 atom stereocenters. The summed E-state index contributed by atoms with van der Waals surface area (Å²) in [7, 11) is -2.24. The highest BCUT2D eigenvalue weighted by Gasteiger charge is 2.29. The second-order valence-corrected chi connectivity index (χ2v) is 8.77. The van der Waals surface area contributed by atoms with Gasteiger partial charge in [0.15, 0.2) is 0 Å². The summed E-state index contributed by atoms with van der Waals surface area (Å²) in [5, 5.41) is 14.9. The van der Waals surface area contributed by atoms with Gasteiger partial charge < -0.3 is 14.8 Å². The van der Waals surface area contributed by atoms with E-state index in [-0.39, 0.29) is 35.4 Å². The molecule has 0 aromatic heterocycles. The van der Waals surface area contributed by atoms with Gasteiger partial charge in [-0.2, -0.15) is 4.31 Å². The molecular formula is C20H25N3O6S. The molecule has 1 fully saturated rings. The van der Waals surface area contributed by atoms with E-state index in [4.69, 9.17) is 9.47 Å². The van der Waals surface area contributed by atoms with Crippen molar-refractivity contribution in [2.45, 2.75) is 24.3 Å². The minimum Gasteiger partial charge on any atom is -0.497 e. The lowest BCUT2D eigenvalue weighted by molar-refractivity contribution is -0.384. The third kappa shape index (κ3) is 4.72. The van der Waals surface area contributed by atoms with Crippen LogP contribution in [0.1, 0.15) is 24.9 Å². The molecule has 1 unspecified atom stereocenters. The maximum Gasteiger partial charge on any atom is 0.293 e. The Bertz CT molecular complexity index is 988. The molecule has 1 N–H and O–H groups in total. The first-order valence-corrected chi connectivity index (χ1v) is 11.1. The van der Waals surface area contributed by atoms with Crippen molar-refractivity contribution in [2.75, 3.05) is 38.7 Å². The SMILES string of the molecule is CCC(Nc1ccc(S(=O)(=O)N2CCOCC2)cc1[N+](=O)[O-])c1ccc(OC)cc1. The normalized spacial score (nSPS) is 16.1. The van der Waals surface area contributed by atoms with Gasteiger partial charge in [0.2, 0.25) is 10.0 Å². The monoisotopic (exact) mass is 435 g/mol. The van der Waals surface area contributed by atoms with Crippen molar-refractivity contribution in [3.8, 4) is 5.75 Å². The minimum atomic E-state index is -3.82. The van der Waals surface area contributed by atoms with E-state index < -0.39 is 14.9 Å². The van der Waals surface area contributed by atoms with Crippen molar-refractivity contribution >= 4 is 21.4 Å². The fourth-order valence-electron chi connectivity index (χ4n) is 3.33. The molecule has 2 aromatic rings. The minimum absolute atomic E-state index is 0.0980. The average Bonchev–Trinajstić information content (AvgIpc) is 2.78. The number of nitro groups is 1. The van der Waals surface area contributed by atoms with Crippen molar-refractivity contribution < 1.29 is 22.8 Å². The average molecular weight is 436 g/mol. The van der Waals surface area contributed by atoms with Crippen LogP contribution in [-0.2, 0) is 14.8 Å². The molecule has 10 heteroatoms. The Morgan fingerprint density at radius 2 is 1.87 bits per heavy atom. The molecule has 1 aliphatic rings. The molecule has 0 amide bonds. The molecule has 3 rings (SSSR count). The Morgan fingerprint density at radius 1 is 1.20 bits per heavy atom. The molecule has 1 saturated heterocycles. The van der Waals surface area contributed by atoms with Gasteiger partial charge >= 0.3 is 0 Å². The van der Waals surface area contributed by atoms with Crippen molar-refractivity contribution in [3.63, 3.8) is 0 Å². The number of morpholine rings is 1. The molecule has 0 saturated carbocycles. The van der Waals surface area contributed by atoms with E-state index in [9.17, 15) is 18.5 Å². The first-order valence-electron chi connectivity index (χ1n) is 9.63. The summed E-state index contributed by atoms with van der Waals surface area (Å²) in [4.78, 5) is 11.0. The van der Waals surface area contributed by atoms with Gasteiger partial charge in [-0.3, -0.25) is 10.1 Å². The zero-order valence-electron chi connectivity index (χ0n) is 16.9. The molecule has 0 aliphatic carbocycles. The largest absolute Gasteiger partial charge is 0.497 e. The summed E-state index contributed by atoms with van der Waals surface area (Å²) in [6.45, 7) is 3.03. The van der Waals surface area contributed by atoms with Crippen LogP contribution in [-0.4, -0.2) is 51.1 Å². The Morgan fingerprint density at radius 3 is 2.43 bits per heavy atom. The van der Waals surface area contributed by atoms with Crippen molar-refractivity contribution in [3.05, 3.63) is 58.1 Å². The van der Waals surface area contributed by atoms with E-state index in [0.717, 1.165) is 17.4 Å². The van der Waals surface area contributed by atoms with E-state index in [2.05, 4.69) is 5.32 Å². The lowest BCUT2D eigenvalue weighted by atomic mass is 10.0. The Balaban J connectivity index is 1.90. The zero-order valence-corrected chi connectivity index (χ0v) is 17.7. The van der Waals surface area contributed by atoms with Crippen LogP contribution in [0.25, 0.3) is 0 Å². The third-order valence-electron chi connectivity index (χ3n) is 5.03. The summed E-state index contributed by atoms with van der Waals surface area (Å²) in [6.07, 6.45) is 0.678. The molecule has 0 spiro atoms. The van der Waals surface area contributed by atoms with E-state index in [1.807, 2.05) is 31.2 Å². The highest BCUT2D eigenvalue weighted by molar-refractivity contribution is 7.89. The fourth-order valence-corrected chi connectivity index (χ4v) is 4.75. The predicted molar refractivity (Wildman–Crippen MR) is 112 cm³/mol. The first kappa shape index (κ1) is 22.0. The molecule has 0 bridgehead atoms. The summed E-state index contributed by atoms with van der Waals surface area (Å²) in [6, 6.07) is 11.2. The molecule has 2 aromatic carbocycles. The number of ether oxygens (including phenoxy) is 2. The van der Waals surface area contributed by atoms with Crippen molar-refractivity contribution in [1.82, 2.24) is 4.31 Å². The predicted octanol–water partition coefficient (Wildman–Crippen LogP) is 3.19. The molecular weight excluding hydrogens is 410 g/mol. The van der Waals surface area contributed by atoms with Gasteiger partial charge in [0.1, 0.15) is 11.4 Å². The number of nitrogens with one attached hydrogen (secondary N) is 1. The number of hydrogen-bond donors (Lipinski definition) is 1. The number of benzene rings is 2. The fraction of sp³-hybridized carbons (Fsp3) is 0.400. The number of methoxy groups -OCH3 is 1. The van der Waals surface area contributed by atoms with Gasteiger partial charge in [-0.25, -0.2) is 8.42 Å². The van der Waals surface area contributed by atoms with Crippen LogP contribution in [0, 0.1) is 10.1 Å². The molecule has 9 nitrogen and oxygen atoms in total. The van der Waals surface area contributed by atoms with E-state index >= 15 is 0 Å². The molecule has 30 heavy (non-hydrogen) atoms. The lowest BCUT2D eigenvalue weighted by Gasteiger charge is -2.26. The summed E-state index contributed by atoms with van der Waals surface area (Å²) < 4.78 is 37.3. The quantitative estimate of drug-likeness (QED) is 0.501. The molecule has 1 aliphatic heterocycles. The topological polar surface area (TPSA) is 111 Å². The van der Waals surface area contributed by atoms with Crippen LogP contribution in [0.5, 0.6) is 5.75 Å². The lowest BCUT2D eigenvalue weighted by Crippen LogP contribution is -2.40. The van der Waals surface area contributed by atoms with E-state index in [0.29, 0.717) is 19.6 Å². The maximum absolute atomic E-state index is 12.8. The van der Waals surface area contributed by atoms with Gasteiger partial charge in [0.25, 0.3) is 5.69 Å². The maximum atomic E-state index is 12.8. The highest BCUT2D eigenvalue weighted by Crippen LogP contribution is 2.33. The van der Waals surface area contributed by atoms with Gasteiger partial charge in [0, 0.05) is 19.2 Å². The van der Waals surface area contributed by atoms with Gasteiger partial charge in [-0.05, 0) is 36.2 Å². The van der Waals surface area contributed by atoms with Crippen LogP contribution in [0.3, 0.4) is 0 Å². The van der Waals surface area contributed by atoms with Gasteiger partial charge in [-0.1, -0.05) is 19.1 Å².